The van der Waals surface area contributed by atoms with Gasteiger partial charge < -0.3 is 4.74 Å². The van der Waals surface area contributed by atoms with Gasteiger partial charge in [-0.05, 0) is 56.9 Å². The number of carbonyl (C=O) groups excluding carboxylic acids is 1. The predicted molar refractivity (Wildman–Crippen MR) is 90.5 cm³/mol. The Balaban J connectivity index is 1.90. The van der Waals surface area contributed by atoms with Crippen LogP contribution in [0.2, 0.25) is 0 Å². The summed E-state index contributed by atoms with van der Waals surface area (Å²) >= 11 is 0. The number of hydrogen-bond acceptors (Lipinski definition) is 3. The highest BCUT2D eigenvalue weighted by Crippen LogP contribution is 2.32. The predicted octanol–water partition coefficient (Wildman–Crippen LogP) is 3.77. The van der Waals surface area contributed by atoms with Crippen LogP contribution in [0.5, 0.6) is 0 Å². The fourth-order valence-corrected chi connectivity index (χ4v) is 2.85. The SMILES string of the molecule is Cn1cc(-c2ccc3c(c2)CCCN3C(=O)OC(C)(C)C)cn1. The van der Waals surface area contributed by atoms with Crippen LogP contribution in [0.15, 0.2) is 30.6 Å². The lowest BCUT2D eigenvalue weighted by molar-refractivity contribution is 0.0578. The highest BCUT2D eigenvalue weighted by Gasteiger charge is 2.27. The summed E-state index contributed by atoms with van der Waals surface area (Å²) in [4.78, 5) is 14.2. The normalized spacial score (nSPS) is 14.5. The van der Waals surface area contributed by atoms with Crippen LogP contribution in [0.4, 0.5) is 10.5 Å². The second-order valence-electron chi connectivity index (χ2n) is 6.98. The third kappa shape index (κ3) is 3.38. The molecule has 0 spiro atoms. The van der Waals surface area contributed by atoms with Crippen LogP contribution in [0, 0.1) is 0 Å². The molecule has 0 N–H and O–H groups in total. The van der Waals surface area contributed by atoms with Crippen molar-refractivity contribution in [3.8, 4) is 11.1 Å². The number of benzene rings is 1. The van der Waals surface area contributed by atoms with Crippen molar-refractivity contribution in [3.63, 3.8) is 0 Å². The van der Waals surface area contributed by atoms with Crippen LogP contribution in [-0.4, -0.2) is 28.0 Å². The van der Waals surface area contributed by atoms with E-state index in [-0.39, 0.29) is 6.09 Å². The van der Waals surface area contributed by atoms with Crippen molar-refractivity contribution in [1.82, 2.24) is 9.78 Å². The first-order valence-corrected chi connectivity index (χ1v) is 7.96. The maximum atomic E-state index is 12.4. The zero-order valence-electron chi connectivity index (χ0n) is 14.2. The zero-order valence-corrected chi connectivity index (χ0v) is 14.2. The minimum atomic E-state index is -0.482. The summed E-state index contributed by atoms with van der Waals surface area (Å²) in [5, 5.41) is 4.22. The molecule has 1 aliphatic heterocycles. The first-order valence-electron chi connectivity index (χ1n) is 7.96. The van der Waals surface area contributed by atoms with Crippen LogP contribution in [-0.2, 0) is 18.2 Å². The van der Waals surface area contributed by atoms with E-state index < -0.39 is 5.60 Å². The number of carbonyl (C=O) groups is 1. The van der Waals surface area contributed by atoms with Crippen LogP contribution in [0.25, 0.3) is 11.1 Å². The van der Waals surface area contributed by atoms with Crippen molar-refractivity contribution < 1.29 is 9.53 Å². The number of rotatable bonds is 1. The Kier molecular flexibility index (Phi) is 3.88. The van der Waals surface area contributed by atoms with Gasteiger partial charge in [0.2, 0.25) is 0 Å². The van der Waals surface area contributed by atoms with Gasteiger partial charge in [0.25, 0.3) is 0 Å². The summed E-state index contributed by atoms with van der Waals surface area (Å²) in [6.45, 7) is 6.37. The number of nitrogens with zero attached hydrogens (tertiary/aromatic N) is 3. The van der Waals surface area contributed by atoms with Gasteiger partial charge >= 0.3 is 6.09 Å². The number of aryl methyl sites for hydroxylation is 2. The minimum absolute atomic E-state index is 0.271. The lowest BCUT2D eigenvalue weighted by Crippen LogP contribution is -2.39. The summed E-state index contributed by atoms with van der Waals surface area (Å²) in [6, 6.07) is 6.21. The van der Waals surface area contributed by atoms with E-state index in [9.17, 15) is 4.79 Å². The van der Waals surface area contributed by atoms with Gasteiger partial charge in [-0.3, -0.25) is 9.58 Å². The van der Waals surface area contributed by atoms with E-state index in [1.165, 1.54) is 5.56 Å². The molecule has 23 heavy (non-hydrogen) atoms. The van der Waals surface area contributed by atoms with Crippen molar-refractivity contribution >= 4 is 11.8 Å². The fourth-order valence-electron chi connectivity index (χ4n) is 2.85. The molecule has 5 heteroatoms. The molecule has 2 heterocycles. The van der Waals surface area contributed by atoms with Crippen LogP contribution < -0.4 is 4.90 Å². The Bertz CT molecular complexity index is 728. The molecule has 0 atom stereocenters. The van der Waals surface area contributed by atoms with E-state index in [1.807, 2.05) is 52.3 Å². The maximum Gasteiger partial charge on any atom is 0.414 e. The molecule has 0 unspecified atom stereocenters. The van der Waals surface area contributed by atoms with Gasteiger partial charge in [-0.25, -0.2) is 4.79 Å². The summed E-state index contributed by atoms with van der Waals surface area (Å²) in [7, 11) is 1.91. The molecule has 2 aromatic rings. The number of ether oxygens (including phenoxy) is 1. The highest BCUT2D eigenvalue weighted by molar-refractivity contribution is 5.90. The Morgan fingerprint density at radius 3 is 2.70 bits per heavy atom. The second-order valence-corrected chi connectivity index (χ2v) is 6.98. The Morgan fingerprint density at radius 1 is 1.26 bits per heavy atom. The van der Waals surface area contributed by atoms with Gasteiger partial charge in [0.05, 0.1) is 11.9 Å². The largest absolute Gasteiger partial charge is 0.443 e. The summed E-state index contributed by atoms with van der Waals surface area (Å²) in [6.07, 6.45) is 5.50. The standard InChI is InChI=1S/C18H23N3O2/c1-18(2,3)23-17(22)21-9-5-6-14-10-13(7-8-16(14)21)15-11-19-20(4)12-15/h7-8,10-12H,5-6,9H2,1-4H3. The van der Waals surface area contributed by atoms with Gasteiger partial charge in [0.15, 0.2) is 0 Å². The van der Waals surface area contributed by atoms with E-state index in [1.54, 1.807) is 9.58 Å². The van der Waals surface area contributed by atoms with E-state index in [2.05, 4.69) is 11.2 Å². The van der Waals surface area contributed by atoms with Crippen molar-refractivity contribution in [3.05, 3.63) is 36.2 Å². The lowest BCUT2D eigenvalue weighted by Gasteiger charge is -2.32. The summed E-state index contributed by atoms with van der Waals surface area (Å²) in [5.41, 5.74) is 3.87. The molecule has 1 amide bonds. The van der Waals surface area contributed by atoms with Gasteiger partial charge in [-0.2, -0.15) is 5.10 Å². The molecule has 1 aromatic heterocycles. The van der Waals surface area contributed by atoms with Gasteiger partial charge in [0, 0.05) is 25.4 Å². The molecular formula is C18H23N3O2. The molecular weight excluding hydrogens is 290 g/mol. The van der Waals surface area contributed by atoms with Crippen molar-refractivity contribution in [1.29, 1.82) is 0 Å². The first-order chi connectivity index (χ1) is 10.8. The summed E-state index contributed by atoms with van der Waals surface area (Å²) in [5.74, 6) is 0. The molecule has 3 rings (SSSR count). The molecule has 0 saturated carbocycles. The molecule has 0 saturated heterocycles. The zero-order chi connectivity index (χ0) is 16.6. The quantitative estimate of drug-likeness (QED) is 0.805. The van der Waals surface area contributed by atoms with E-state index in [0.717, 1.165) is 29.7 Å². The maximum absolute atomic E-state index is 12.4. The highest BCUT2D eigenvalue weighted by atomic mass is 16.6. The Labute approximate surface area is 136 Å². The second kappa shape index (κ2) is 5.72. The van der Waals surface area contributed by atoms with Crippen LogP contribution in [0.3, 0.4) is 0 Å². The van der Waals surface area contributed by atoms with Crippen molar-refractivity contribution in [2.75, 3.05) is 11.4 Å². The van der Waals surface area contributed by atoms with Crippen molar-refractivity contribution in [2.45, 2.75) is 39.2 Å². The number of anilines is 1. The average molecular weight is 313 g/mol. The molecule has 0 fully saturated rings. The molecule has 0 radical (unpaired) electrons. The molecule has 0 aliphatic carbocycles. The number of amides is 1. The average Bonchev–Trinajstić information content (AvgIpc) is 2.91. The van der Waals surface area contributed by atoms with E-state index in [4.69, 9.17) is 4.74 Å². The van der Waals surface area contributed by atoms with E-state index in [0.29, 0.717) is 6.54 Å². The molecule has 122 valence electrons. The van der Waals surface area contributed by atoms with Crippen LogP contribution in [0.1, 0.15) is 32.8 Å². The molecule has 1 aromatic carbocycles. The van der Waals surface area contributed by atoms with E-state index >= 15 is 0 Å². The van der Waals surface area contributed by atoms with Gasteiger partial charge in [-0.1, -0.05) is 6.07 Å². The summed E-state index contributed by atoms with van der Waals surface area (Å²) < 4.78 is 7.32. The fraction of sp³-hybridized carbons (Fsp3) is 0.444. The Hall–Kier alpha value is -2.30. The van der Waals surface area contributed by atoms with Gasteiger partial charge in [0.1, 0.15) is 5.60 Å². The van der Waals surface area contributed by atoms with Gasteiger partial charge in [-0.15, -0.1) is 0 Å². The minimum Gasteiger partial charge on any atom is -0.443 e. The molecule has 1 aliphatic rings. The number of fused-ring (bicyclic) bond motifs is 1. The van der Waals surface area contributed by atoms with Crippen molar-refractivity contribution in [2.24, 2.45) is 7.05 Å². The topological polar surface area (TPSA) is 47.4 Å². The Morgan fingerprint density at radius 2 is 2.04 bits per heavy atom. The third-order valence-corrected chi connectivity index (χ3v) is 3.85. The van der Waals surface area contributed by atoms with Crippen LogP contribution >= 0.6 is 0 Å². The third-order valence-electron chi connectivity index (χ3n) is 3.85. The molecule has 5 nitrogen and oxygen atoms in total. The monoisotopic (exact) mass is 313 g/mol. The number of aromatic nitrogens is 2. The molecule has 0 bridgehead atoms. The number of hydrogen-bond donors (Lipinski definition) is 0. The first kappa shape index (κ1) is 15.6. The smallest absolute Gasteiger partial charge is 0.414 e. The lowest BCUT2D eigenvalue weighted by atomic mass is 9.97.